The summed E-state index contributed by atoms with van der Waals surface area (Å²) < 4.78 is 5.46. The van der Waals surface area contributed by atoms with Crippen molar-refractivity contribution in [3.8, 4) is 11.5 Å². The topological polar surface area (TPSA) is 79.5 Å². The molecule has 7 heteroatoms. The molecular weight excluding hydrogens is 270 g/mol. The minimum absolute atomic E-state index is 0.0847. The number of carboxylic acid groups (broad SMARTS) is 1. The van der Waals surface area contributed by atoms with Crippen molar-refractivity contribution in [2.24, 2.45) is 0 Å². The lowest BCUT2D eigenvalue weighted by Crippen LogP contribution is -2.25. The van der Waals surface area contributed by atoms with Crippen molar-refractivity contribution in [3.63, 3.8) is 0 Å². The molecule has 1 aromatic heterocycles. The molecule has 0 fully saturated rings. The number of carboxylic acids is 1. The summed E-state index contributed by atoms with van der Waals surface area (Å²) in [5.41, 5.74) is 0.768. The molecule has 0 saturated heterocycles. The molecule has 1 heterocycles. The van der Waals surface area contributed by atoms with E-state index in [1.807, 2.05) is 0 Å². The molecular formula is C12H12ClN3O3. The smallest absolute Gasteiger partial charge is 0.317 e. The minimum atomic E-state index is -0.903. The molecule has 0 amide bonds. The molecule has 0 saturated carbocycles. The van der Waals surface area contributed by atoms with Crippen molar-refractivity contribution < 1.29 is 14.3 Å². The van der Waals surface area contributed by atoms with E-state index in [0.29, 0.717) is 16.8 Å². The second-order valence-corrected chi connectivity index (χ2v) is 4.51. The Morgan fingerprint density at radius 2 is 2.05 bits per heavy atom. The maximum Gasteiger partial charge on any atom is 0.317 e. The third kappa shape index (κ3) is 3.77. The van der Waals surface area contributed by atoms with Gasteiger partial charge in [-0.2, -0.15) is 0 Å². The molecule has 1 N–H and O–H groups in total. The number of benzene rings is 1. The van der Waals surface area contributed by atoms with Gasteiger partial charge in [0.15, 0.2) is 0 Å². The molecule has 19 heavy (non-hydrogen) atoms. The van der Waals surface area contributed by atoms with E-state index >= 15 is 0 Å². The average molecular weight is 282 g/mol. The van der Waals surface area contributed by atoms with Gasteiger partial charge in [0.2, 0.25) is 11.8 Å². The monoisotopic (exact) mass is 281 g/mol. The zero-order chi connectivity index (χ0) is 13.8. The standard InChI is InChI=1S/C12H12ClN3O3/c1-16(7-11(17)18)6-10-14-15-12(19-10)8-2-4-9(13)5-3-8/h2-5H,6-7H2,1H3,(H,17,18). The van der Waals surface area contributed by atoms with Crippen LogP contribution >= 0.6 is 11.6 Å². The summed E-state index contributed by atoms with van der Waals surface area (Å²) in [4.78, 5) is 12.1. The quantitative estimate of drug-likeness (QED) is 0.902. The first-order valence-corrected chi connectivity index (χ1v) is 5.91. The van der Waals surface area contributed by atoms with Crippen molar-refractivity contribution in [3.05, 3.63) is 35.2 Å². The number of likely N-dealkylation sites (N-methyl/N-ethyl adjacent to an activating group) is 1. The zero-order valence-corrected chi connectivity index (χ0v) is 11.0. The molecule has 0 spiro atoms. The number of hydrogen-bond acceptors (Lipinski definition) is 5. The van der Waals surface area contributed by atoms with Gasteiger partial charge in [0.25, 0.3) is 0 Å². The first kappa shape index (κ1) is 13.5. The van der Waals surface area contributed by atoms with Gasteiger partial charge in [0.05, 0.1) is 13.1 Å². The minimum Gasteiger partial charge on any atom is -0.480 e. The largest absolute Gasteiger partial charge is 0.480 e. The molecule has 6 nitrogen and oxygen atoms in total. The van der Waals surface area contributed by atoms with Crippen LogP contribution in [0.25, 0.3) is 11.5 Å². The number of hydrogen-bond donors (Lipinski definition) is 1. The van der Waals surface area contributed by atoms with E-state index in [4.69, 9.17) is 21.1 Å². The lowest BCUT2D eigenvalue weighted by molar-refractivity contribution is -0.138. The van der Waals surface area contributed by atoms with Crippen LogP contribution in [-0.4, -0.2) is 39.8 Å². The highest BCUT2D eigenvalue weighted by Crippen LogP contribution is 2.20. The fourth-order valence-electron chi connectivity index (χ4n) is 1.54. The Morgan fingerprint density at radius 3 is 2.68 bits per heavy atom. The normalized spacial score (nSPS) is 10.9. The highest BCUT2D eigenvalue weighted by molar-refractivity contribution is 6.30. The lowest BCUT2D eigenvalue weighted by Gasteiger charge is -2.09. The Bertz CT molecular complexity index is 568. The third-order valence-electron chi connectivity index (χ3n) is 2.37. The summed E-state index contributed by atoms with van der Waals surface area (Å²) in [6, 6.07) is 7.02. The predicted octanol–water partition coefficient (Wildman–Crippen LogP) is 1.91. The molecule has 0 radical (unpaired) electrons. The van der Waals surface area contributed by atoms with E-state index in [0.717, 1.165) is 5.56 Å². The molecule has 0 aliphatic carbocycles. The van der Waals surface area contributed by atoms with Crippen molar-refractivity contribution in [2.45, 2.75) is 6.54 Å². The van der Waals surface area contributed by atoms with Gasteiger partial charge in [-0.05, 0) is 31.3 Å². The Labute approximate surface area is 114 Å². The molecule has 2 rings (SSSR count). The third-order valence-corrected chi connectivity index (χ3v) is 2.62. The van der Waals surface area contributed by atoms with Crippen molar-refractivity contribution >= 4 is 17.6 Å². The molecule has 1 aromatic carbocycles. The summed E-state index contributed by atoms with van der Waals surface area (Å²) in [5, 5.41) is 17.1. The number of carbonyl (C=O) groups is 1. The number of aliphatic carboxylic acids is 1. The summed E-state index contributed by atoms with van der Waals surface area (Å²) in [7, 11) is 1.67. The van der Waals surface area contributed by atoms with Crippen molar-refractivity contribution in [1.82, 2.24) is 15.1 Å². The fourth-order valence-corrected chi connectivity index (χ4v) is 1.67. The van der Waals surface area contributed by atoms with Crippen molar-refractivity contribution in [1.29, 1.82) is 0 Å². The Balaban J connectivity index is 2.06. The van der Waals surface area contributed by atoms with E-state index in [-0.39, 0.29) is 13.1 Å². The van der Waals surface area contributed by atoms with Crippen LogP contribution in [0, 0.1) is 0 Å². The highest BCUT2D eigenvalue weighted by Gasteiger charge is 2.12. The maximum atomic E-state index is 10.5. The van der Waals surface area contributed by atoms with Gasteiger partial charge in [-0.25, -0.2) is 0 Å². The van der Waals surface area contributed by atoms with E-state index in [9.17, 15) is 4.79 Å². The maximum absolute atomic E-state index is 10.5. The second-order valence-electron chi connectivity index (χ2n) is 4.07. The van der Waals surface area contributed by atoms with Gasteiger partial charge in [-0.15, -0.1) is 10.2 Å². The van der Waals surface area contributed by atoms with Gasteiger partial charge in [0.1, 0.15) is 0 Å². The van der Waals surface area contributed by atoms with Gasteiger partial charge >= 0.3 is 5.97 Å². The number of aromatic nitrogens is 2. The Morgan fingerprint density at radius 1 is 1.37 bits per heavy atom. The van der Waals surface area contributed by atoms with Crippen LogP contribution in [0.2, 0.25) is 5.02 Å². The Kier molecular flexibility index (Phi) is 4.13. The number of halogens is 1. The lowest BCUT2D eigenvalue weighted by atomic mass is 10.2. The van der Waals surface area contributed by atoms with Gasteiger partial charge in [-0.1, -0.05) is 11.6 Å². The molecule has 0 bridgehead atoms. The van der Waals surface area contributed by atoms with E-state index in [1.165, 1.54) is 0 Å². The summed E-state index contributed by atoms with van der Waals surface area (Å²) >= 11 is 5.79. The molecule has 0 aliphatic rings. The van der Waals surface area contributed by atoms with Crippen molar-refractivity contribution in [2.75, 3.05) is 13.6 Å². The van der Waals surface area contributed by atoms with E-state index in [2.05, 4.69) is 10.2 Å². The predicted molar refractivity (Wildman–Crippen MR) is 68.7 cm³/mol. The zero-order valence-electron chi connectivity index (χ0n) is 10.2. The van der Waals surface area contributed by atoms with Crippen LogP contribution in [-0.2, 0) is 11.3 Å². The summed E-state index contributed by atoms with van der Waals surface area (Å²) in [5.74, 6) is -0.149. The van der Waals surface area contributed by atoms with Crippen LogP contribution in [0.4, 0.5) is 0 Å². The molecule has 2 aromatic rings. The van der Waals surface area contributed by atoms with E-state index in [1.54, 1.807) is 36.2 Å². The van der Waals surface area contributed by atoms with Crippen LogP contribution in [0.15, 0.2) is 28.7 Å². The fraction of sp³-hybridized carbons (Fsp3) is 0.250. The van der Waals surface area contributed by atoms with Crippen LogP contribution in [0.3, 0.4) is 0 Å². The Hall–Kier alpha value is -1.92. The first-order valence-electron chi connectivity index (χ1n) is 5.53. The van der Waals surface area contributed by atoms with Crippen LogP contribution < -0.4 is 0 Å². The number of rotatable bonds is 5. The first-order chi connectivity index (χ1) is 9.04. The molecule has 0 atom stereocenters. The summed E-state index contributed by atoms with van der Waals surface area (Å²) in [6.07, 6.45) is 0. The van der Waals surface area contributed by atoms with Gasteiger partial charge < -0.3 is 9.52 Å². The SMILES string of the molecule is CN(CC(=O)O)Cc1nnc(-c2ccc(Cl)cc2)o1. The average Bonchev–Trinajstić information content (AvgIpc) is 2.77. The second kappa shape index (κ2) is 5.81. The molecule has 0 unspecified atom stereocenters. The molecule has 0 aliphatic heterocycles. The van der Waals surface area contributed by atoms with E-state index < -0.39 is 5.97 Å². The summed E-state index contributed by atoms with van der Waals surface area (Å²) in [6.45, 7) is 0.200. The van der Waals surface area contributed by atoms with Gasteiger partial charge in [0, 0.05) is 10.6 Å². The van der Waals surface area contributed by atoms with Gasteiger partial charge in [-0.3, -0.25) is 9.69 Å². The van der Waals surface area contributed by atoms with Crippen LogP contribution in [0.5, 0.6) is 0 Å². The highest BCUT2D eigenvalue weighted by atomic mass is 35.5. The molecule has 100 valence electrons. The number of nitrogens with zero attached hydrogens (tertiary/aromatic N) is 3. The van der Waals surface area contributed by atoms with Crippen LogP contribution in [0.1, 0.15) is 5.89 Å².